The summed E-state index contributed by atoms with van der Waals surface area (Å²) in [6, 6.07) is 3.62. The molecule has 1 aromatic rings. The van der Waals surface area contributed by atoms with Gasteiger partial charge in [-0.2, -0.15) is 0 Å². The SMILES string of the molecule is CS(=O)CCCNc1ncccc1C(N)=S. The highest BCUT2D eigenvalue weighted by atomic mass is 32.2. The van der Waals surface area contributed by atoms with Gasteiger partial charge < -0.3 is 11.1 Å². The van der Waals surface area contributed by atoms with Crippen LogP contribution < -0.4 is 11.1 Å². The lowest BCUT2D eigenvalue weighted by Gasteiger charge is -2.08. The summed E-state index contributed by atoms with van der Waals surface area (Å²) in [6.07, 6.45) is 4.21. The third-order valence-electron chi connectivity index (χ3n) is 1.97. The lowest BCUT2D eigenvalue weighted by molar-refractivity contribution is 0.685. The molecule has 88 valence electrons. The highest BCUT2D eigenvalue weighted by Crippen LogP contribution is 2.10. The number of hydrogen-bond acceptors (Lipinski definition) is 4. The molecular weight excluding hydrogens is 242 g/mol. The van der Waals surface area contributed by atoms with E-state index in [0.29, 0.717) is 23.1 Å². The number of nitrogens with two attached hydrogens (primary N) is 1. The van der Waals surface area contributed by atoms with Crippen LogP contribution >= 0.6 is 12.2 Å². The first-order valence-electron chi connectivity index (χ1n) is 4.90. The normalized spacial score (nSPS) is 12.1. The minimum atomic E-state index is -0.748. The van der Waals surface area contributed by atoms with E-state index in [4.69, 9.17) is 18.0 Å². The van der Waals surface area contributed by atoms with Gasteiger partial charge >= 0.3 is 0 Å². The summed E-state index contributed by atoms with van der Waals surface area (Å²) in [7, 11) is -0.748. The standard InChI is InChI=1S/C10H15N3OS2/c1-16(14)7-3-6-13-10-8(9(11)15)4-2-5-12-10/h2,4-5H,3,6-7H2,1H3,(H2,11,15)(H,12,13). The molecule has 0 amide bonds. The maximum Gasteiger partial charge on any atom is 0.136 e. The maximum absolute atomic E-state index is 10.9. The van der Waals surface area contributed by atoms with Gasteiger partial charge in [0.15, 0.2) is 0 Å². The molecule has 1 atom stereocenters. The second-order valence-corrected chi connectivity index (χ2v) is 5.32. The number of nitrogens with one attached hydrogen (secondary N) is 1. The monoisotopic (exact) mass is 257 g/mol. The smallest absolute Gasteiger partial charge is 0.136 e. The minimum Gasteiger partial charge on any atom is -0.389 e. The van der Waals surface area contributed by atoms with Gasteiger partial charge in [-0.25, -0.2) is 4.98 Å². The predicted molar refractivity (Wildman–Crippen MR) is 72.2 cm³/mol. The molecule has 0 bridgehead atoms. The molecule has 3 N–H and O–H groups in total. The second-order valence-electron chi connectivity index (χ2n) is 3.32. The van der Waals surface area contributed by atoms with Gasteiger partial charge in [0, 0.05) is 35.5 Å². The number of hydrogen-bond donors (Lipinski definition) is 2. The Balaban J connectivity index is 2.53. The summed E-state index contributed by atoms with van der Waals surface area (Å²) in [5.41, 5.74) is 6.32. The summed E-state index contributed by atoms with van der Waals surface area (Å²) in [5, 5.41) is 3.14. The van der Waals surface area contributed by atoms with Gasteiger partial charge in [0.05, 0.1) is 5.56 Å². The third-order valence-corrected chi connectivity index (χ3v) is 3.06. The Morgan fingerprint density at radius 1 is 1.69 bits per heavy atom. The molecule has 1 unspecified atom stereocenters. The fraction of sp³-hybridized carbons (Fsp3) is 0.400. The van der Waals surface area contributed by atoms with Crippen molar-refractivity contribution in [3.63, 3.8) is 0 Å². The highest BCUT2D eigenvalue weighted by molar-refractivity contribution is 7.84. The first-order chi connectivity index (χ1) is 7.61. The Kier molecular flexibility index (Phi) is 5.34. The zero-order chi connectivity index (χ0) is 12.0. The van der Waals surface area contributed by atoms with Crippen LogP contribution in [0.1, 0.15) is 12.0 Å². The minimum absolute atomic E-state index is 0.328. The van der Waals surface area contributed by atoms with Gasteiger partial charge in [0.2, 0.25) is 0 Å². The molecule has 0 aliphatic carbocycles. The number of rotatable bonds is 6. The quantitative estimate of drug-likeness (QED) is 0.585. The Hall–Kier alpha value is -1.01. The topological polar surface area (TPSA) is 68.0 Å². The fourth-order valence-corrected chi connectivity index (χ4v) is 1.94. The van der Waals surface area contributed by atoms with E-state index >= 15 is 0 Å². The average Bonchev–Trinajstić information content (AvgIpc) is 2.24. The van der Waals surface area contributed by atoms with Crippen LogP contribution in [0, 0.1) is 0 Å². The predicted octanol–water partition coefficient (Wildman–Crippen LogP) is 0.896. The highest BCUT2D eigenvalue weighted by Gasteiger charge is 2.04. The zero-order valence-electron chi connectivity index (χ0n) is 9.10. The van der Waals surface area contributed by atoms with E-state index in [1.54, 1.807) is 18.5 Å². The fourth-order valence-electron chi connectivity index (χ4n) is 1.23. The van der Waals surface area contributed by atoms with Crippen molar-refractivity contribution in [3.8, 4) is 0 Å². The Labute approximate surface area is 103 Å². The molecule has 1 heterocycles. The van der Waals surface area contributed by atoms with E-state index in [-0.39, 0.29) is 0 Å². The van der Waals surface area contributed by atoms with Crippen molar-refractivity contribution < 1.29 is 4.21 Å². The molecule has 16 heavy (non-hydrogen) atoms. The Morgan fingerprint density at radius 2 is 2.44 bits per heavy atom. The van der Waals surface area contributed by atoms with Crippen molar-refractivity contribution in [2.45, 2.75) is 6.42 Å². The van der Waals surface area contributed by atoms with Gasteiger partial charge in [-0.15, -0.1) is 0 Å². The van der Waals surface area contributed by atoms with Crippen LogP contribution in [0.25, 0.3) is 0 Å². The van der Waals surface area contributed by atoms with Crippen molar-refractivity contribution >= 4 is 33.8 Å². The van der Waals surface area contributed by atoms with Gasteiger partial charge in [0.1, 0.15) is 10.8 Å². The molecule has 1 aromatic heterocycles. The number of anilines is 1. The third kappa shape index (κ3) is 4.24. The molecule has 0 aliphatic heterocycles. The Morgan fingerprint density at radius 3 is 3.06 bits per heavy atom. The lowest BCUT2D eigenvalue weighted by atomic mass is 10.2. The van der Waals surface area contributed by atoms with Crippen molar-refractivity contribution in [1.29, 1.82) is 0 Å². The van der Waals surface area contributed by atoms with E-state index in [0.717, 1.165) is 12.0 Å². The molecule has 0 radical (unpaired) electrons. The van der Waals surface area contributed by atoms with E-state index in [1.807, 2.05) is 6.07 Å². The summed E-state index contributed by atoms with van der Waals surface area (Å²) in [6.45, 7) is 0.714. The summed E-state index contributed by atoms with van der Waals surface area (Å²) < 4.78 is 10.9. The van der Waals surface area contributed by atoms with Gasteiger partial charge in [-0.3, -0.25) is 4.21 Å². The van der Waals surface area contributed by atoms with E-state index in [9.17, 15) is 4.21 Å². The maximum atomic E-state index is 10.9. The van der Waals surface area contributed by atoms with Crippen LogP contribution in [0.3, 0.4) is 0 Å². The van der Waals surface area contributed by atoms with Crippen molar-refractivity contribution in [2.24, 2.45) is 5.73 Å². The summed E-state index contributed by atoms with van der Waals surface area (Å²) in [4.78, 5) is 4.49. The molecule has 4 nitrogen and oxygen atoms in total. The first-order valence-corrected chi connectivity index (χ1v) is 7.03. The Bertz CT molecular complexity index is 395. The number of thiocarbonyl (C=S) groups is 1. The molecule has 0 saturated heterocycles. The number of pyridine rings is 1. The van der Waals surface area contributed by atoms with E-state index < -0.39 is 10.8 Å². The number of nitrogens with zero attached hydrogens (tertiary/aromatic N) is 1. The summed E-state index contributed by atoms with van der Waals surface area (Å²) in [5.74, 6) is 1.37. The molecule has 1 rings (SSSR count). The lowest BCUT2D eigenvalue weighted by Crippen LogP contribution is -2.15. The van der Waals surface area contributed by atoms with Crippen LogP contribution in [0.5, 0.6) is 0 Å². The number of aromatic nitrogens is 1. The van der Waals surface area contributed by atoms with Crippen molar-refractivity contribution in [2.75, 3.05) is 23.9 Å². The van der Waals surface area contributed by atoms with Crippen LogP contribution in [-0.4, -0.2) is 32.7 Å². The second kappa shape index (κ2) is 6.55. The zero-order valence-corrected chi connectivity index (χ0v) is 10.7. The molecule has 0 saturated carbocycles. The van der Waals surface area contributed by atoms with E-state index in [1.165, 1.54) is 0 Å². The average molecular weight is 257 g/mol. The first kappa shape index (κ1) is 13.1. The molecule has 0 fully saturated rings. The van der Waals surface area contributed by atoms with Crippen LogP contribution in [0.4, 0.5) is 5.82 Å². The van der Waals surface area contributed by atoms with Crippen molar-refractivity contribution in [1.82, 2.24) is 4.98 Å². The van der Waals surface area contributed by atoms with Crippen LogP contribution in [-0.2, 0) is 10.8 Å². The molecule has 0 aliphatic rings. The van der Waals surface area contributed by atoms with Crippen LogP contribution in [0.15, 0.2) is 18.3 Å². The molecule has 0 spiro atoms. The van der Waals surface area contributed by atoms with Gasteiger partial charge in [-0.1, -0.05) is 12.2 Å². The largest absolute Gasteiger partial charge is 0.389 e. The van der Waals surface area contributed by atoms with E-state index in [2.05, 4.69) is 10.3 Å². The molecule has 0 aromatic carbocycles. The summed E-state index contributed by atoms with van der Waals surface area (Å²) >= 11 is 4.92. The van der Waals surface area contributed by atoms with Gasteiger partial charge in [0.25, 0.3) is 0 Å². The van der Waals surface area contributed by atoms with Gasteiger partial charge in [-0.05, 0) is 18.6 Å². The molecule has 6 heteroatoms. The van der Waals surface area contributed by atoms with Crippen molar-refractivity contribution in [3.05, 3.63) is 23.9 Å². The van der Waals surface area contributed by atoms with Crippen LogP contribution in [0.2, 0.25) is 0 Å². The molecular formula is C10H15N3OS2.